The molecule has 0 bridgehead atoms. The lowest BCUT2D eigenvalue weighted by Gasteiger charge is -2.25. The normalized spacial score (nSPS) is 11.4. The van der Waals surface area contributed by atoms with Crippen molar-refractivity contribution >= 4 is 77.9 Å². The largest absolute Gasteiger partial charge is 0.456 e. The van der Waals surface area contributed by atoms with Gasteiger partial charge in [0.25, 0.3) is 0 Å². The number of hydrogen-bond acceptors (Lipinski definition) is 3. The predicted octanol–water partition coefficient (Wildman–Crippen LogP) is 18.6. The molecule has 0 amide bonds. The average Bonchev–Trinajstić information content (AvgIpc) is 3.98. The van der Waals surface area contributed by atoms with E-state index in [-0.39, 0.29) is 0 Å². The minimum atomic E-state index is 0.900. The van der Waals surface area contributed by atoms with Gasteiger partial charge in [0.05, 0.1) is 11.0 Å². The number of rotatable bonds is 10. The van der Waals surface area contributed by atoms with Crippen LogP contribution >= 0.6 is 0 Å². The molecule has 0 atom stereocenters. The first-order chi connectivity index (χ1) is 34.7. The molecule has 0 aliphatic heterocycles. The van der Waals surface area contributed by atoms with Crippen LogP contribution < -0.4 is 9.80 Å². The van der Waals surface area contributed by atoms with E-state index in [1.807, 2.05) is 12.1 Å². The van der Waals surface area contributed by atoms with Crippen molar-refractivity contribution in [1.29, 1.82) is 0 Å². The molecule has 0 radical (unpaired) electrons. The van der Waals surface area contributed by atoms with Crippen LogP contribution in [0.25, 0.3) is 82.8 Å². The van der Waals surface area contributed by atoms with Crippen LogP contribution in [0.5, 0.6) is 0 Å². The SMILES string of the molecule is c1ccc(N(c2ccccc2)c2ccc(-c3ccc4c(c3)c3cccc(-c5ccc(N(c6ccccc6)c6ccccc6)cc5)c3n4-c3ccc(-c4ccc5oc6ccccc6c5c4)cc3)cc2)cc1. The Bertz CT molecular complexity index is 3880. The first-order valence-corrected chi connectivity index (χ1v) is 23.8. The molecule has 0 saturated heterocycles. The molecule has 13 rings (SSSR count). The Kier molecular flexibility index (Phi) is 10.1. The van der Waals surface area contributed by atoms with Crippen LogP contribution in [-0.4, -0.2) is 4.57 Å². The first-order valence-electron chi connectivity index (χ1n) is 23.8. The highest BCUT2D eigenvalue weighted by Crippen LogP contribution is 2.43. The number of anilines is 6. The molecule has 0 spiro atoms. The summed E-state index contributed by atoms with van der Waals surface area (Å²) in [5.74, 6) is 0. The van der Waals surface area contributed by atoms with Crippen molar-refractivity contribution in [1.82, 2.24) is 4.57 Å². The van der Waals surface area contributed by atoms with E-state index < -0.39 is 0 Å². The van der Waals surface area contributed by atoms with Crippen molar-refractivity contribution < 1.29 is 4.42 Å². The summed E-state index contributed by atoms with van der Waals surface area (Å²) in [5.41, 5.74) is 18.8. The molecule has 0 saturated carbocycles. The molecular weight excluding hydrogens is 851 g/mol. The van der Waals surface area contributed by atoms with Gasteiger partial charge in [-0.25, -0.2) is 0 Å². The Morgan fingerprint density at radius 2 is 0.686 bits per heavy atom. The first kappa shape index (κ1) is 40.9. The Balaban J connectivity index is 0.933. The average molecular weight is 896 g/mol. The summed E-state index contributed by atoms with van der Waals surface area (Å²) in [6.07, 6.45) is 0. The molecule has 4 nitrogen and oxygen atoms in total. The van der Waals surface area contributed by atoms with E-state index in [9.17, 15) is 0 Å². The van der Waals surface area contributed by atoms with E-state index in [1.165, 1.54) is 27.4 Å². The second-order valence-corrected chi connectivity index (χ2v) is 17.7. The molecule has 0 fully saturated rings. The minimum absolute atomic E-state index is 0.900. The van der Waals surface area contributed by atoms with E-state index in [0.717, 1.165) is 89.5 Å². The van der Waals surface area contributed by atoms with E-state index in [0.29, 0.717) is 0 Å². The van der Waals surface area contributed by atoms with E-state index in [4.69, 9.17) is 4.42 Å². The summed E-state index contributed by atoms with van der Waals surface area (Å²) in [5, 5.41) is 4.66. The van der Waals surface area contributed by atoms with Crippen LogP contribution in [-0.2, 0) is 0 Å². The standard InChI is InChI=1S/C66H45N3O/c1-5-16-51(17-6-1)67(52-18-7-2-8-19-52)55-36-28-46(29-37-55)49-34-42-63-61(44-49)60-26-15-25-58(48-32-40-56(41-33-48)68(53-20-9-3-10-21-53)54-22-11-4-12-23-54)66(60)69(63)57-38-30-47(31-39-57)50-35-43-65-62(45-50)59-24-13-14-27-64(59)70-65/h1-45H. The lowest BCUT2D eigenvalue weighted by atomic mass is 9.99. The molecule has 330 valence electrons. The topological polar surface area (TPSA) is 24.6 Å². The molecule has 2 heterocycles. The maximum absolute atomic E-state index is 6.18. The maximum Gasteiger partial charge on any atom is 0.135 e. The fraction of sp³-hybridized carbons (Fsp3) is 0. The minimum Gasteiger partial charge on any atom is -0.456 e. The number of aromatic nitrogens is 1. The van der Waals surface area contributed by atoms with Gasteiger partial charge in [0.15, 0.2) is 0 Å². The summed E-state index contributed by atoms with van der Waals surface area (Å²) >= 11 is 0. The zero-order valence-electron chi connectivity index (χ0n) is 38.2. The Morgan fingerprint density at radius 1 is 0.271 bits per heavy atom. The van der Waals surface area contributed by atoms with Crippen molar-refractivity contribution in [3.63, 3.8) is 0 Å². The van der Waals surface area contributed by atoms with Crippen molar-refractivity contribution in [2.75, 3.05) is 9.80 Å². The molecule has 0 N–H and O–H groups in total. The Morgan fingerprint density at radius 3 is 1.24 bits per heavy atom. The Hall–Kier alpha value is -9.38. The Labute approximate surface area is 406 Å². The lowest BCUT2D eigenvalue weighted by Crippen LogP contribution is -2.09. The van der Waals surface area contributed by atoms with Gasteiger partial charge >= 0.3 is 0 Å². The third-order valence-electron chi connectivity index (χ3n) is 13.6. The number of para-hydroxylation sites is 6. The van der Waals surface area contributed by atoms with Gasteiger partial charge in [0.1, 0.15) is 11.2 Å². The van der Waals surface area contributed by atoms with Crippen LogP contribution in [0.4, 0.5) is 34.1 Å². The van der Waals surface area contributed by atoms with E-state index in [2.05, 4.69) is 275 Å². The van der Waals surface area contributed by atoms with Crippen molar-refractivity contribution in [3.05, 3.63) is 273 Å². The number of hydrogen-bond donors (Lipinski definition) is 0. The van der Waals surface area contributed by atoms with Gasteiger partial charge in [0, 0.05) is 66.9 Å². The van der Waals surface area contributed by atoms with Crippen LogP contribution in [0.15, 0.2) is 277 Å². The van der Waals surface area contributed by atoms with Gasteiger partial charge in [-0.15, -0.1) is 0 Å². The predicted molar refractivity (Wildman–Crippen MR) is 294 cm³/mol. The monoisotopic (exact) mass is 895 g/mol. The second-order valence-electron chi connectivity index (χ2n) is 17.7. The molecule has 0 aliphatic rings. The van der Waals surface area contributed by atoms with Crippen molar-refractivity contribution in [3.8, 4) is 39.1 Å². The zero-order chi connectivity index (χ0) is 46.4. The molecule has 13 aromatic rings. The van der Waals surface area contributed by atoms with Crippen molar-refractivity contribution in [2.24, 2.45) is 0 Å². The van der Waals surface area contributed by atoms with Gasteiger partial charge in [-0.1, -0.05) is 158 Å². The molecule has 0 aliphatic carbocycles. The summed E-state index contributed by atoms with van der Waals surface area (Å²) in [6, 6.07) is 97.8. The third-order valence-corrected chi connectivity index (χ3v) is 13.6. The quantitative estimate of drug-likeness (QED) is 0.137. The van der Waals surface area contributed by atoms with Gasteiger partial charge in [-0.05, 0) is 143 Å². The summed E-state index contributed by atoms with van der Waals surface area (Å²) in [4.78, 5) is 4.61. The third kappa shape index (κ3) is 7.27. The number of nitrogens with zero attached hydrogens (tertiary/aromatic N) is 3. The van der Waals surface area contributed by atoms with Crippen LogP contribution in [0.1, 0.15) is 0 Å². The van der Waals surface area contributed by atoms with Crippen LogP contribution in [0.3, 0.4) is 0 Å². The molecule has 11 aromatic carbocycles. The zero-order valence-corrected chi connectivity index (χ0v) is 38.2. The van der Waals surface area contributed by atoms with Gasteiger partial charge in [-0.2, -0.15) is 0 Å². The second kappa shape index (κ2) is 17.4. The van der Waals surface area contributed by atoms with Gasteiger partial charge < -0.3 is 18.8 Å². The highest BCUT2D eigenvalue weighted by atomic mass is 16.3. The highest BCUT2D eigenvalue weighted by Gasteiger charge is 2.20. The molecular formula is C66H45N3O. The molecule has 4 heteroatoms. The molecule has 70 heavy (non-hydrogen) atoms. The summed E-state index contributed by atoms with van der Waals surface area (Å²) in [6.45, 7) is 0. The fourth-order valence-electron chi connectivity index (χ4n) is 10.3. The number of fused-ring (bicyclic) bond motifs is 6. The lowest BCUT2D eigenvalue weighted by molar-refractivity contribution is 0.669. The summed E-state index contributed by atoms with van der Waals surface area (Å²) in [7, 11) is 0. The molecule has 2 aromatic heterocycles. The van der Waals surface area contributed by atoms with Gasteiger partial charge in [0.2, 0.25) is 0 Å². The summed E-state index contributed by atoms with van der Waals surface area (Å²) < 4.78 is 8.63. The van der Waals surface area contributed by atoms with E-state index in [1.54, 1.807) is 0 Å². The van der Waals surface area contributed by atoms with Crippen LogP contribution in [0.2, 0.25) is 0 Å². The smallest absolute Gasteiger partial charge is 0.135 e. The van der Waals surface area contributed by atoms with Crippen molar-refractivity contribution in [2.45, 2.75) is 0 Å². The molecule has 0 unspecified atom stereocenters. The fourth-order valence-corrected chi connectivity index (χ4v) is 10.3. The highest BCUT2D eigenvalue weighted by molar-refractivity contribution is 6.15. The van der Waals surface area contributed by atoms with Gasteiger partial charge in [-0.3, -0.25) is 0 Å². The number of benzene rings is 11. The van der Waals surface area contributed by atoms with Crippen LogP contribution in [0, 0.1) is 0 Å². The maximum atomic E-state index is 6.18. The van der Waals surface area contributed by atoms with E-state index >= 15 is 0 Å². The number of furan rings is 1.